The van der Waals surface area contributed by atoms with E-state index < -0.39 is 15.9 Å². The molecular formula is C25H26ClN5O5S. The molecule has 0 saturated heterocycles. The summed E-state index contributed by atoms with van der Waals surface area (Å²) in [6.07, 6.45) is 5.23. The Labute approximate surface area is 219 Å². The number of benzene rings is 2. The largest absolute Gasteiger partial charge is 0.497 e. The maximum Gasteiger partial charge on any atom is 0.263 e. The fourth-order valence-electron chi connectivity index (χ4n) is 3.08. The predicted molar refractivity (Wildman–Crippen MR) is 144 cm³/mol. The van der Waals surface area contributed by atoms with Crippen LogP contribution >= 0.6 is 11.6 Å². The Kier molecular flexibility index (Phi) is 9.23. The van der Waals surface area contributed by atoms with Crippen LogP contribution in [0.25, 0.3) is 12.7 Å². The average Bonchev–Trinajstić information content (AvgIpc) is 2.89. The van der Waals surface area contributed by atoms with Crippen LogP contribution in [0.4, 0.5) is 17.3 Å². The van der Waals surface area contributed by atoms with Gasteiger partial charge in [-0.15, -0.1) is 0 Å². The lowest BCUT2D eigenvalue weighted by molar-refractivity contribution is 0.0944. The summed E-state index contributed by atoms with van der Waals surface area (Å²) in [7, 11) is -2.70. The van der Waals surface area contributed by atoms with E-state index in [9.17, 15) is 13.2 Å². The minimum atomic E-state index is -4.21. The number of sulfonamides is 1. The van der Waals surface area contributed by atoms with E-state index in [1.165, 1.54) is 31.4 Å². The molecule has 0 spiro atoms. The number of aliphatic hydroxyl groups is 1. The quantitative estimate of drug-likeness (QED) is 0.305. The molecule has 0 bridgehead atoms. The molecule has 1 heterocycles. The fraction of sp³-hybridized carbons (Fsp3) is 0.160. The molecule has 10 nitrogen and oxygen atoms in total. The molecule has 0 aliphatic heterocycles. The number of allylic oxidation sites excluding steroid dienone is 2. The van der Waals surface area contributed by atoms with Crippen LogP contribution in [0.1, 0.15) is 17.3 Å². The summed E-state index contributed by atoms with van der Waals surface area (Å²) >= 11 is 6.33. The van der Waals surface area contributed by atoms with Gasteiger partial charge in [-0.3, -0.25) is 9.52 Å². The Hall–Kier alpha value is -3.93. The first-order valence-corrected chi connectivity index (χ1v) is 12.9. The molecule has 1 aromatic heterocycles. The molecule has 0 fully saturated rings. The summed E-state index contributed by atoms with van der Waals surface area (Å²) in [6.45, 7) is 5.50. The number of ether oxygens (including phenoxy) is 1. The fourth-order valence-corrected chi connectivity index (χ4v) is 4.30. The topological polar surface area (TPSA) is 143 Å². The van der Waals surface area contributed by atoms with Gasteiger partial charge in [0.1, 0.15) is 5.75 Å². The van der Waals surface area contributed by atoms with E-state index in [0.29, 0.717) is 21.8 Å². The van der Waals surface area contributed by atoms with Crippen molar-refractivity contribution in [3.8, 4) is 5.75 Å². The van der Waals surface area contributed by atoms with Gasteiger partial charge in [-0.1, -0.05) is 36.4 Å². The lowest BCUT2D eigenvalue weighted by Crippen LogP contribution is -2.32. The van der Waals surface area contributed by atoms with E-state index >= 15 is 0 Å². The van der Waals surface area contributed by atoms with E-state index in [2.05, 4.69) is 31.9 Å². The third kappa shape index (κ3) is 7.06. The van der Waals surface area contributed by atoms with Gasteiger partial charge in [0.15, 0.2) is 11.6 Å². The van der Waals surface area contributed by atoms with Gasteiger partial charge in [0.05, 0.1) is 40.0 Å². The number of anilines is 3. The van der Waals surface area contributed by atoms with E-state index in [1.54, 1.807) is 36.4 Å². The van der Waals surface area contributed by atoms with Crippen molar-refractivity contribution in [2.45, 2.75) is 11.8 Å². The summed E-state index contributed by atoms with van der Waals surface area (Å²) in [6, 6.07) is 10.4. The second-order valence-electron chi connectivity index (χ2n) is 7.53. The highest BCUT2D eigenvalue weighted by atomic mass is 35.5. The number of nitrogens with one attached hydrogen (secondary N) is 3. The third-order valence-corrected chi connectivity index (χ3v) is 6.57. The highest BCUT2D eigenvalue weighted by Crippen LogP contribution is 2.31. The molecule has 37 heavy (non-hydrogen) atoms. The summed E-state index contributed by atoms with van der Waals surface area (Å²) in [4.78, 5) is 20.9. The SMILES string of the molecule is C=c1nc(NS(=O)(=O)c2cccc(C(=O)NCCO)c2)c(Nc2cc(OC)ccc2Cl)n/c1=C/C=C\C. The molecule has 0 saturated carbocycles. The summed E-state index contributed by atoms with van der Waals surface area (Å²) < 4.78 is 34.2. The summed E-state index contributed by atoms with van der Waals surface area (Å²) in [5, 5.41) is 15.4. The van der Waals surface area contributed by atoms with Gasteiger partial charge >= 0.3 is 0 Å². The van der Waals surface area contributed by atoms with Crippen LogP contribution in [-0.4, -0.2) is 49.7 Å². The Morgan fingerprint density at radius 1 is 1.19 bits per heavy atom. The number of rotatable bonds is 10. The highest BCUT2D eigenvalue weighted by molar-refractivity contribution is 7.92. The molecule has 12 heteroatoms. The molecule has 194 valence electrons. The Morgan fingerprint density at radius 2 is 1.97 bits per heavy atom. The number of nitrogens with zero attached hydrogens (tertiary/aromatic N) is 2. The normalized spacial score (nSPS) is 11.9. The first kappa shape index (κ1) is 27.7. The highest BCUT2D eigenvalue weighted by Gasteiger charge is 2.20. The van der Waals surface area contributed by atoms with Gasteiger partial charge in [-0.25, -0.2) is 18.4 Å². The zero-order valence-corrected chi connectivity index (χ0v) is 21.7. The minimum absolute atomic E-state index is 0.0361. The van der Waals surface area contributed by atoms with Crippen molar-refractivity contribution in [3.63, 3.8) is 0 Å². The number of carbonyl (C=O) groups excluding carboxylic acids is 1. The second kappa shape index (κ2) is 12.3. The number of halogens is 1. The van der Waals surface area contributed by atoms with Gasteiger partial charge in [-0.05, 0) is 43.3 Å². The predicted octanol–water partition coefficient (Wildman–Crippen LogP) is 2.17. The van der Waals surface area contributed by atoms with Crippen molar-refractivity contribution in [3.05, 3.63) is 75.9 Å². The number of amides is 1. The maximum atomic E-state index is 13.3. The van der Waals surface area contributed by atoms with Crippen molar-refractivity contribution in [2.75, 3.05) is 30.3 Å². The molecule has 0 aliphatic carbocycles. The van der Waals surface area contributed by atoms with Crippen molar-refractivity contribution < 1.29 is 23.1 Å². The molecular weight excluding hydrogens is 518 g/mol. The van der Waals surface area contributed by atoms with Gasteiger partial charge in [0.2, 0.25) is 0 Å². The number of aliphatic hydroxyl groups excluding tert-OH is 1. The number of aromatic nitrogens is 2. The molecule has 0 radical (unpaired) electrons. The second-order valence-corrected chi connectivity index (χ2v) is 9.62. The van der Waals surface area contributed by atoms with E-state index in [0.717, 1.165) is 0 Å². The number of hydrogen-bond acceptors (Lipinski definition) is 8. The number of hydrogen-bond donors (Lipinski definition) is 4. The summed E-state index contributed by atoms with van der Waals surface area (Å²) in [5.41, 5.74) is 0.519. The van der Waals surface area contributed by atoms with Gasteiger partial charge in [-0.2, -0.15) is 0 Å². The maximum absolute atomic E-state index is 13.3. The minimum Gasteiger partial charge on any atom is -0.497 e. The molecule has 0 atom stereocenters. The van der Waals surface area contributed by atoms with Gasteiger partial charge < -0.3 is 20.5 Å². The lowest BCUT2D eigenvalue weighted by Gasteiger charge is -2.15. The number of carbonyl (C=O) groups is 1. The van der Waals surface area contributed by atoms with Crippen molar-refractivity contribution in [1.29, 1.82) is 0 Å². The molecule has 0 unspecified atom stereocenters. The molecule has 0 aliphatic rings. The van der Waals surface area contributed by atoms with Crippen molar-refractivity contribution in [1.82, 2.24) is 15.3 Å². The molecule has 4 N–H and O–H groups in total. The first-order chi connectivity index (χ1) is 17.7. The van der Waals surface area contributed by atoms with Crippen LogP contribution in [0.2, 0.25) is 5.02 Å². The van der Waals surface area contributed by atoms with E-state index in [1.807, 2.05) is 6.92 Å². The van der Waals surface area contributed by atoms with Crippen molar-refractivity contribution in [2.24, 2.45) is 0 Å². The van der Waals surface area contributed by atoms with Crippen LogP contribution in [0.3, 0.4) is 0 Å². The van der Waals surface area contributed by atoms with Crippen LogP contribution in [0.5, 0.6) is 5.75 Å². The Bertz CT molecular complexity index is 1540. The van der Waals surface area contributed by atoms with E-state index in [4.69, 9.17) is 21.4 Å². The Morgan fingerprint density at radius 3 is 2.68 bits per heavy atom. The average molecular weight is 544 g/mol. The van der Waals surface area contributed by atoms with E-state index in [-0.39, 0.29) is 40.6 Å². The lowest BCUT2D eigenvalue weighted by atomic mass is 10.2. The van der Waals surface area contributed by atoms with Gasteiger partial charge in [0.25, 0.3) is 15.9 Å². The standard InChI is InChI=1S/C25H26ClN5O5S/c1-4-5-9-21-16(2)28-24(23(29-21)30-22-15-18(36-3)10-11-20(22)26)31-37(34,35)19-8-6-7-17(14-19)25(33)27-12-13-32/h4-11,14-15,32H,2,12-13H2,1,3H3,(H,27,33)(H,28,31)(H,29,30)/b5-4-,21-9+. The smallest absolute Gasteiger partial charge is 0.263 e. The van der Waals surface area contributed by atoms with Gasteiger partial charge in [0, 0.05) is 18.2 Å². The molecule has 3 aromatic rings. The van der Waals surface area contributed by atoms with Crippen LogP contribution in [-0.2, 0) is 10.0 Å². The molecule has 2 aromatic carbocycles. The summed E-state index contributed by atoms with van der Waals surface area (Å²) in [5.74, 6) is -0.0621. The Balaban J connectivity index is 2.06. The van der Waals surface area contributed by atoms with Crippen molar-refractivity contribution >= 4 is 57.5 Å². The monoisotopic (exact) mass is 543 g/mol. The molecule has 1 amide bonds. The zero-order valence-electron chi connectivity index (χ0n) is 20.2. The number of methoxy groups -OCH3 is 1. The zero-order chi connectivity index (χ0) is 27.0. The van der Waals surface area contributed by atoms with Crippen LogP contribution in [0, 0.1) is 0 Å². The third-order valence-electron chi connectivity index (χ3n) is 4.91. The first-order valence-electron chi connectivity index (χ1n) is 11.0. The molecule has 3 rings (SSSR count). The van der Waals surface area contributed by atoms with Crippen LogP contribution < -0.4 is 30.8 Å². The van der Waals surface area contributed by atoms with Crippen LogP contribution in [0.15, 0.2) is 59.5 Å².